The molecule has 2 aliphatic rings. The predicted octanol–water partition coefficient (Wildman–Crippen LogP) is 3.01. The average molecular weight is 459 g/mol. The molecule has 2 heterocycles. The molecule has 174 valence electrons. The second-order valence-electron chi connectivity index (χ2n) is 9.25. The number of rotatable bonds is 8. The van der Waals surface area contributed by atoms with Crippen molar-refractivity contribution in [3.8, 4) is 0 Å². The molecule has 2 saturated heterocycles. The fourth-order valence-corrected chi connectivity index (χ4v) is 5.51. The molecule has 0 amide bonds. The minimum Gasteiger partial charge on any atom is -0.389 e. The first-order valence-electron chi connectivity index (χ1n) is 11.5. The lowest BCUT2D eigenvalue weighted by atomic mass is 9.90. The fraction of sp³-hybridized carbons (Fsp3) is 0.520. The zero-order valence-corrected chi connectivity index (χ0v) is 19.6. The van der Waals surface area contributed by atoms with E-state index < -0.39 is 22.4 Å². The van der Waals surface area contributed by atoms with Crippen LogP contribution in [-0.4, -0.2) is 61.5 Å². The van der Waals surface area contributed by atoms with E-state index in [1.54, 1.807) is 0 Å². The summed E-state index contributed by atoms with van der Waals surface area (Å²) in [5.74, 6) is 0.758. The van der Waals surface area contributed by atoms with Gasteiger partial charge in [-0.05, 0) is 61.4 Å². The topological polar surface area (TPSA) is 70.1 Å². The lowest BCUT2D eigenvalue weighted by molar-refractivity contribution is -0.0155. The van der Waals surface area contributed by atoms with Crippen LogP contribution in [0.5, 0.6) is 0 Å². The highest BCUT2D eigenvalue weighted by Gasteiger charge is 2.36. The lowest BCUT2D eigenvalue weighted by Gasteiger charge is -2.32. The smallest absolute Gasteiger partial charge is 0.266 e. The Morgan fingerprint density at radius 1 is 0.906 bits per heavy atom. The Balaban J connectivity index is 1.30. The molecule has 4 rings (SSSR count). The van der Waals surface area contributed by atoms with Gasteiger partial charge in [-0.1, -0.05) is 54.6 Å². The van der Waals surface area contributed by atoms with Crippen LogP contribution in [0.15, 0.2) is 54.6 Å². The summed E-state index contributed by atoms with van der Waals surface area (Å²) in [5, 5.41) is 10.1. The Morgan fingerprint density at radius 2 is 1.56 bits per heavy atom. The van der Waals surface area contributed by atoms with Crippen LogP contribution in [0.1, 0.15) is 36.0 Å². The van der Waals surface area contributed by atoms with Gasteiger partial charge >= 0.3 is 0 Å². The van der Waals surface area contributed by atoms with Gasteiger partial charge in [0.15, 0.2) is 6.23 Å². The van der Waals surface area contributed by atoms with Crippen molar-refractivity contribution >= 4 is 10.1 Å². The molecule has 0 spiro atoms. The summed E-state index contributed by atoms with van der Waals surface area (Å²) in [4.78, 5) is 4.43. The van der Waals surface area contributed by atoms with Crippen molar-refractivity contribution in [2.75, 3.05) is 25.9 Å². The van der Waals surface area contributed by atoms with Crippen LogP contribution in [0.2, 0.25) is 0 Å². The normalized spacial score (nSPS) is 23.6. The van der Waals surface area contributed by atoms with Crippen molar-refractivity contribution in [1.29, 1.82) is 0 Å². The van der Waals surface area contributed by atoms with Crippen LogP contribution in [0.25, 0.3) is 0 Å². The zero-order chi connectivity index (χ0) is 22.6. The van der Waals surface area contributed by atoms with Gasteiger partial charge in [0, 0.05) is 19.6 Å². The molecule has 0 saturated carbocycles. The molecule has 0 bridgehead atoms. The van der Waals surface area contributed by atoms with Gasteiger partial charge < -0.3 is 5.11 Å². The van der Waals surface area contributed by atoms with Gasteiger partial charge in [0.05, 0.1) is 12.4 Å². The minimum atomic E-state index is -3.63. The van der Waals surface area contributed by atoms with E-state index in [9.17, 15) is 13.5 Å². The van der Waals surface area contributed by atoms with Crippen molar-refractivity contribution in [3.05, 3.63) is 71.3 Å². The molecule has 2 aromatic rings. The van der Waals surface area contributed by atoms with Gasteiger partial charge in [-0.3, -0.25) is 9.80 Å². The summed E-state index contributed by atoms with van der Waals surface area (Å²) in [6.45, 7) is 4.33. The molecule has 0 aliphatic carbocycles. The number of nitrogens with zero attached hydrogens (tertiary/aromatic N) is 2. The highest BCUT2D eigenvalue weighted by Crippen LogP contribution is 2.25. The number of aliphatic hydroxyl groups excluding tert-OH is 1. The number of likely N-dealkylation sites (tertiary alicyclic amines) is 2. The van der Waals surface area contributed by atoms with Crippen LogP contribution in [-0.2, 0) is 33.8 Å². The first-order valence-corrected chi connectivity index (χ1v) is 13.3. The summed E-state index contributed by atoms with van der Waals surface area (Å²) in [7, 11) is -3.63. The maximum absolute atomic E-state index is 11.6. The van der Waals surface area contributed by atoms with Crippen molar-refractivity contribution in [2.24, 2.45) is 5.92 Å². The van der Waals surface area contributed by atoms with Crippen molar-refractivity contribution in [2.45, 2.75) is 51.1 Å². The minimum absolute atomic E-state index is 0.512. The molecule has 0 radical (unpaired) electrons. The Bertz CT molecular complexity index is 974. The Morgan fingerprint density at radius 3 is 2.25 bits per heavy atom. The third-order valence-corrected chi connectivity index (χ3v) is 7.08. The Hall–Kier alpha value is -1.77. The predicted molar refractivity (Wildman–Crippen MR) is 125 cm³/mol. The van der Waals surface area contributed by atoms with Crippen LogP contribution < -0.4 is 0 Å². The molecule has 32 heavy (non-hydrogen) atoms. The quantitative estimate of drug-likeness (QED) is 0.614. The SMILES string of the molecule is CS(=O)(=O)OC1C(O)CCN1Cc1cccc(CN2CCC(Cc3ccccc3)CC2)c1. The highest BCUT2D eigenvalue weighted by molar-refractivity contribution is 7.86. The summed E-state index contributed by atoms with van der Waals surface area (Å²) in [6, 6.07) is 19.2. The third kappa shape index (κ3) is 6.62. The number of piperidine rings is 1. The van der Waals surface area contributed by atoms with Crippen LogP contribution in [0.4, 0.5) is 0 Å². The number of hydrogen-bond donors (Lipinski definition) is 1. The molecule has 6 nitrogen and oxygen atoms in total. The Kier molecular flexibility index (Phi) is 7.63. The van der Waals surface area contributed by atoms with Gasteiger partial charge in [-0.25, -0.2) is 4.18 Å². The molecule has 2 fully saturated rings. The first kappa shape index (κ1) is 23.4. The molecular formula is C25H34N2O4S. The first-order chi connectivity index (χ1) is 15.4. The number of aliphatic hydroxyl groups is 1. The molecule has 2 aromatic carbocycles. The summed E-state index contributed by atoms with van der Waals surface area (Å²) in [6.07, 6.45) is 3.57. The van der Waals surface area contributed by atoms with Crippen molar-refractivity contribution < 1.29 is 17.7 Å². The second kappa shape index (κ2) is 10.4. The van der Waals surface area contributed by atoms with Gasteiger partial charge in [0.25, 0.3) is 10.1 Å². The van der Waals surface area contributed by atoms with Gasteiger partial charge in [0.2, 0.25) is 0 Å². The molecule has 2 atom stereocenters. The maximum Gasteiger partial charge on any atom is 0.266 e. The number of benzene rings is 2. The van der Waals surface area contributed by atoms with E-state index in [1.807, 2.05) is 4.90 Å². The zero-order valence-electron chi connectivity index (χ0n) is 18.8. The summed E-state index contributed by atoms with van der Waals surface area (Å²) >= 11 is 0. The van der Waals surface area contributed by atoms with Crippen LogP contribution >= 0.6 is 0 Å². The largest absolute Gasteiger partial charge is 0.389 e. The second-order valence-corrected chi connectivity index (χ2v) is 10.8. The van der Waals surface area contributed by atoms with E-state index in [0.717, 1.165) is 37.4 Å². The fourth-order valence-electron chi connectivity index (χ4n) is 4.90. The Labute approximate surface area is 191 Å². The molecule has 2 aliphatic heterocycles. The van der Waals surface area contributed by atoms with Gasteiger partial charge in [-0.15, -0.1) is 0 Å². The monoisotopic (exact) mass is 458 g/mol. The number of hydrogen-bond acceptors (Lipinski definition) is 6. The van der Waals surface area contributed by atoms with E-state index in [4.69, 9.17) is 4.18 Å². The van der Waals surface area contributed by atoms with E-state index in [0.29, 0.717) is 19.5 Å². The summed E-state index contributed by atoms with van der Waals surface area (Å²) in [5.41, 5.74) is 3.81. The van der Waals surface area contributed by atoms with E-state index in [1.165, 1.54) is 30.4 Å². The standard InChI is InChI=1S/C25H34N2O4S/c1-32(29,30)31-25-24(28)12-15-27(25)19-23-9-5-8-22(17-23)18-26-13-10-21(11-14-26)16-20-6-3-2-4-7-20/h2-9,17,21,24-25,28H,10-16,18-19H2,1H3. The molecule has 0 aromatic heterocycles. The van der Waals surface area contributed by atoms with Crippen molar-refractivity contribution in [3.63, 3.8) is 0 Å². The van der Waals surface area contributed by atoms with E-state index in [-0.39, 0.29) is 0 Å². The average Bonchev–Trinajstić information content (AvgIpc) is 3.08. The molecule has 7 heteroatoms. The maximum atomic E-state index is 11.6. The van der Waals surface area contributed by atoms with Crippen LogP contribution in [0.3, 0.4) is 0 Å². The lowest BCUT2D eigenvalue weighted by Crippen LogP contribution is -2.38. The third-order valence-electron chi connectivity index (χ3n) is 6.53. The molecular weight excluding hydrogens is 424 g/mol. The summed E-state index contributed by atoms with van der Waals surface area (Å²) < 4.78 is 28.3. The van der Waals surface area contributed by atoms with E-state index >= 15 is 0 Å². The molecule has 1 N–H and O–H groups in total. The van der Waals surface area contributed by atoms with Crippen molar-refractivity contribution in [1.82, 2.24) is 9.80 Å². The van der Waals surface area contributed by atoms with Crippen LogP contribution in [0, 0.1) is 5.92 Å². The van der Waals surface area contributed by atoms with E-state index in [2.05, 4.69) is 59.5 Å². The molecule has 2 unspecified atom stereocenters. The van der Waals surface area contributed by atoms with Gasteiger partial charge in [-0.2, -0.15) is 8.42 Å². The van der Waals surface area contributed by atoms with Gasteiger partial charge in [0.1, 0.15) is 0 Å². The highest BCUT2D eigenvalue weighted by atomic mass is 32.2.